The molecule has 4 rings (SSSR count). The van der Waals surface area contributed by atoms with Gasteiger partial charge in [0.1, 0.15) is 5.82 Å². The monoisotopic (exact) mass is 370 g/mol. The maximum atomic E-state index is 6.45. The van der Waals surface area contributed by atoms with Crippen LogP contribution >= 0.6 is 11.6 Å². The molecule has 136 valence electrons. The van der Waals surface area contributed by atoms with Crippen LogP contribution in [0.5, 0.6) is 0 Å². The van der Waals surface area contributed by atoms with E-state index in [1.54, 1.807) is 0 Å². The van der Waals surface area contributed by atoms with Gasteiger partial charge in [0.25, 0.3) is 0 Å². The minimum atomic E-state index is 0.415. The van der Waals surface area contributed by atoms with Gasteiger partial charge in [-0.25, -0.2) is 9.50 Å². The molecule has 6 nitrogen and oxygen atoms in total. The summed E-state index contributed by atoms with van der Waals surface area (Å²) in [5.41, 5.74) is 3.85. The lowest BCUT2D eigenvalue weighted by Gasteiger charge is -2.37. The number of aromatic nitrogens is 3. The van der Waals surface area contributed by atoms with Crippen LogP contribution in [0.3, 0.4) is 0 Å². The van der Waals surface area contributed by atoms with Crippen LogP contribution in [0.1, 0.15) is 13.8 Å². The van der Waals surface area contributed by atoms with Crippen LogP contribution in [0.2, 0.25) is 5.02 Å². The lowest BCUT2D eigenvalue weighted by molar-refractivity contribution is 0.405. The molecule has 2 atom stereocenters. The van der Waals surface area contributed by atoms with E-state index in [-0.39, 0.29) is 0 Å². The fraction of sp³-hybridized carbons (Fsp3) is 0.368. The zero-order chi connectivity index (χ0) is 18.3. The number of anilines is 2. The van der Waals surface area contributed by atoms with E-state index in [9.17, 15) is 0 Å². The molecule has 4 heterocycles. The van der Waals surface area contributed by atoms with E-state index < -0.39 is 0 Å². The van der Waals surface area contributed by atoms with Gasteiger partial charge in [-0.2, -0.15) is 5.10 Å². The Morgan fingerprint density at radius 1 is 1.19 bits per heavy atom. The van der Waals surface area contributed by atoms with Crippen LogP contribution in [0.25, 0.3) is 16.8 Å². The Morgan fingerprint density at radius 2 is 1.96 bits per heavy atom. The largest absolute Gasteiger partial charge is 0.388 e. The number of nitrogens with zero attached hydrogens (tertiary/aromatic N) is 4. The van der Waals surface area contributed by atoms with Crippen molar-refractivity contribution in [3.8, 4) is 11.3 Å². The molecule has 0 aromatic carbocycles. The highest BCUT2D eigenvalue weighted by Crippen LogP contribution is 2.30. The Bertz CT molecular complexity index is 927. The number of nitrogens with one attached hydrogen (secondary N) is 2. The van der Waals surface area contributed by atoms with Gasteiger partial charge in [-0.1, -0.05) is 11.6 Å². The Balaban J connectivity index is 1.77. The summed E-state index contributed by atoms with van der Waals surface area (Å²) >= 11 is 6.45. The fourth-order valence-electron chi connectivity index (χ4n) is 3.63. The maximum Gasteiger partial charge on any atom is 0.130 e. The first-order chi connectivity index (χ1) is 12.5. The molecule has 7 heteroatoms. The molecule has 1 fully saturated rings. The molecule has 1 aliphatic heterocycles. The Labute approximate surface area is 158 Å². The summed E-state index contributed by atoms with van der Waals surface area (Å²) in [6, 6.07) is 8.74. The molecule has 0 bridgehead atoms. The van der Waals surface area contributed by atoms with Gasteiger partial charge in [0.05, 0.1) is 17.4 Å². The average Bonchev–Trinajstić information content (AvgIpc) is 3.03. The van der Waals surface area contributed by atoms with Gasteiger partial charge < -0.3 is 15.5 Å². The molecule has 2 N–H and O–H groups in total. The van der Waals surface area contributed by atoms with Crippen molar-refractivity contribution in [2.75, 3.05) is 30.4 Å². The van der Waals surface area contributed by atoms with E-state index >= 15 is 0 Å². The molecule has 26 heavy (non-hydrogen) atoms. The van der Waals surface area contributed by atoms with Crippen LogP contribution in [-0.2, 0) is 0 Å². The van der Waals surface area contributed by atoms with Crippen molar-refractivity contribution in [3.63, 3.8) is 0 Å². The van der Waals surface area contributed by atoms with Crippen molar-refractivity contribution in [2.24, 2.45) is 0 Å². The van der Waals surface area contributed by atoms with Crippen molar-refractivity contribution in [1.82, 2.24) is 19.9 Å². The van der Waals surface area contributed by atoms with E-state index in [2.05, 4.69) is 40.5 Å². The van der Waals surface area contributed by atoms with Crippen LogP contribution < -0.4 is 15.5 Å². The normalized spacial score (nSPS) is 20.5. The van der Waals surface area contributed by atoms with Gasteiger partial charge in [-0.15, -0.1) is 0 Å². The van der Waals surface area contributed by atoms with E-state index in [1.165, 1.54) is 0 Å². The summed E-state index contributed by atoms with van der Waals surface area (Å²) in [5.74, 6) is 0.914. The molecule has 0 spiro atoms. The second-order valence-corrected chi connectivity index (χ2v) is 7.39. The van der Waals surface area contributed by atoms with E-state index in [4.69, 9.17) is 16.6 Å². The molecular formula is C19H23ClN6. The zero-order valence-corrected chi connectivity index (χ0v) is 16.0. The minimum Gasteiger partial charge on any atom is -0.388 e. The lowest BCUT2D eigenvalue weighted by Crippen LogP contribution is -2.54. The highest BCUT2D eigenvalue weighted by molar-refractivity contribution is 6.31. The lowest BCUT2D eigenvalue weighted by atomic mass is 10.1. The van der Waals surface area contributed by atoms with Gasteiger partial charge in [0.2, 0.25) is 0 Å². The van der Waals surface area contributed by atoms with Gasteiger partial charge in [0.15, 0.2) is 0 Å². The van der Waals surface area contributed by atoms with E-state index in [0.29, 0.717) is 17.1 Å². The first-order valence-electron chi connectivity index (χ1n) is 8.87. The zero-order valence-electron chi connectivity index (χ0n) is 15.2. The Morgan fingerprint density at radius 3 is 2.69 bits per heavy atom. The third kappa shape index (κ3) is 3.22. The SMILES string of the molecule is CNc1ccn2ncc(-c3cc(Cl)cc(N4C[C@@H](C)N[C@@H](C)C4)n3)c2c1. The standard InChI is InChI=1S/C19H23ClN6/c1-12-10-25(11-13(2)23-12)19-7-14(20)6-17(24-19)16-9-22-26-5-4-15(21-3)8-18(16)26/h4-9,12-13,21,23H,10-11H2,1-3H3/t12-,13+. The number of halogens is 1. The van der Waals surface area contributed by atoms with Crippen molar-refractivity contribution >= 4 is 28.6 Å². The molecular weight excluding hydrogens is 348 g/mol. The summed E-state index contributed by atoms with van der Waals surface area (Å²) in [6.07, 6.45) is 3.79. The predicted octanol–water partition coefficient (Wildman–Crippen LogP) is 3.28. The number of hydrogen-bond donors (Lipinski definition) is 2. The second kappa shape index (κ2) is 6.78. The van der Waals surface area contributed by atoms with Crippen LogP contribution in [-0.4, -0.2) is 46.8 Å². The van der Waals surface area contributed by atoms with Crippen molar-refractivity contribution in [3.05, 3.63) is 41.7 Å². The number of piperazine rings is 1. The molecule has 0 aliphatic carbocycles. The van der Waals surface area contributed by atoms with E-state index in [1.807, 2.05) is 42.2 Å². The average molecular weight is 371 g/mol. The summed E-state index contributed by atoms with van der Waals surface area (Å²) in [5, 5.41) is 11.9. The van der Waals surface area contributed by atoms with Crippen molar-refractivity contribution in [1.29, 1.82) is 0 Å². The highest BCUT2D eigenvalue weighted by atomic mass is 35.5. The van der Waals surface area contributed by atoms with E-state index in [0.717, 1.165) is 41.4 Å². The molecule has 3 aromatic rings. The van der Waals surface area contributed by atoms with Crippen LogP contribution in [0.4, 0.5) is 11.5 Å². The van der Waals surface area contributed by atoms with Gasteiger partial charge in [-0.05, 0) is 38.1 Å². The molecule has 0 amide bonds. The summed E-state index contributed by atoms with van der Waals surface area (Å²) in [4.78, 5) is 7.21. The molecule has 0 unspecified atom stereocenters. The van der Waals surface area contributed by atoms with Gasteiger partial charge in [0, 0.05) is 54.7 Å². The molecule has 1 saturated heterocycles. The minimum absolute atomic E-state index is 0.415. The van der Waals surface area contributed by atoms with Crippen LogP contribution in [0.15, 0.2) is 36.7 Å². The first kappa shape index (κ1) is 17.1. The fourth-order valence-corrected chi connectivity index (χ4v) is 3.83. The Hall–Kier alpha value is -2.31. The molecule has 0 saturated carbocycles. The van der Waals surface area contributed by atoms with Crippen molar-refractivity contribution < 1.29 is 0 Å². The smallest absolute Gasteiger partial charge is 0.130 e. The molecule has 1 aliphatic rings. The first-order valence-corrected chi connectivity index (χ1v) is 9.25. The van der Waals surface area contributed by atoms with Gasteiger partial charge >= 0.3 is 0 Å². The van der Waals surface area contributed by atoms with Crippen LogP contribution in [0, 0.1) is 0 Å². The summed E-state index contributed by atoms with van der Waals surface area (Å²) in [7, 11) is 1.91. The second-order valence-electron chi connectivity index (χ2n) is 6.96. The van der Waals surface area contributed by atoms with Crippen molar-refractivity contribution in [2.45, 2.75) is 25.9 Å². The third-order valence-electron chi connectivity index (χ3n) is 4.74. The molecule has 0 radical (unpaired) electrons. The summed E-state index contributed by atoms with van der Waals surface area (Å²) < 4.78 is 1.85. The van der Waals surface area contributed by atoms with Gasteiger partial charge in [-0.3, -0.25) is 0 Å². The number of fused-ring (bicyclic) bond motifs is 1. The highest BCUT2D eigenvalue weighted by Gasteiger charge is 2.23. The topological polar surface area (TPSA) is 57.5 Å². The third-order valence-corrected chi connectivity index (χ3v) is 4.96. The number of rotatable bonds is 3. The number of hydrogen-bond acceptors (Lipinski definition) is 5. The number of pyridine rings is 2. The quantitative estimate of drug-likeness (QED) is 0.741. The maximum absolute atomic E-state index is 6.45. The molecule has 3 aromatic heterocycles. The Kier molecular flexibility index (Phi) is 4.46. The summed E-state index contributed by atoms with van der Waals surface area (Å²) in [6.45, 7) is 6.21. The predicted molar refractivity (Wildman–Crippen MR) is 107 cm³/mol.